The molecule has 0 aromatic rings. The molecule has 1 aliphatic heterocycles. The van der Waals surface area contributed by atoms with Crippen LogP contribution in [-0.2, 0) is 9.53 Å². The molecule has 3 atom stereocenters. The quantitative estimate of drug-likeness (QED) is 0.475. The predicted octanol–water partition coefficient (Wildman–Crippen LogP) is 1.35. The van der Waals surface area contributed by atoms with Crippen LogP contribution in [0.1, 0.15) is 26.2 Å². The Morgan fingerprint density at radius 3 is 3.00 bits per heavy atom. The fraction of sp³-hybridized carbons (Fsp3) is 0.875. The Hall–Kier alpha value is -0.530. The third-order valence-electron chi connectivity index (χ3n) is 2.72. The molecule has 0 amide bonds. The Morgan fingerprint density at radius 2 is 2.30 bits per heavy atom. The lowest BCUT2D eigenvalue weighted by Gasteiger charge is -2.21. The molecule has 0 N–H and O–H groups in total. The van der Waals surface area contributed by atoms with Crippen molar-refractivity contribution in [1.82, 2.24) is 0 Å². The Kier molecular flexibility index (Phi) is 1.22. The molecule has 2 nitrogen and oxygen atoms in total. The minimum Gasteiger partial charge on any atom is -0.462 e. The lowest BCUT2D eigenvalue weighted by molar-refractivity contribution is -0.144. The van der Waals surface area contributed by atoms with E-state index in [1.807, 2.05) is 0 Å². The lowest BCUT2D eigenvalue weighted by Crippen LogP contribution is -2.20. The van der Waals surface area contributed by atoms with Gasteiger partial charge in [0.1, 0.15) is 6.10 Å². The first-order valence-electron chi connectivity index (χ1n) is 3.98. The number of ether oxygens (including phenoxy) is 1. The van der Waals surface area contributed by atoms with Gasteiger partial charge in [-0.3, -0.25) is 4.79 Å². The average Bonchev–Trinajstić information content (AvgIpc) is 2.21. The molecule has 0 radical (unpaired) electrons. The lowest BCUT2D eigenvalue weighted by atomic mass is 9.83. The SMILES string of the molecule is C[C@H]1CC[C@H]2C[C@@H]1OC2=O. The number of rotatable bonds is 0. The molecule has 2 fully saturated rings. The smallest absolute Gasteiger partial charge is 0.309 e. The molecule has 1 aliphatic carbocycles. The van der Waals surface area contributed by atoms with Gasteiger partial charge in [0.2, 0.25) is 0 Å². The highest BCUT2D eigenvalue weighted by molar-refractivity contribution is 5.75. The van der Waals surface area contributed by atoms with Gasteiger partial charge >= 0.3 is 5.97 Å². The van der Waals surface area contributed by atoms with Gasteiger partial charge in [0, 0.05) is 0 Å². The molecule has 2 rings (SSSR count). The minimum atomic E-state index is 0.0503. The summed E-state index contributed by atoms with van der Waals surface area (Å²) < 4.78 is 5.16. The van der Waals surface area contributed by atoms with Crippen LogP contribution in [0.5, 0.6) is 0 Å². The molecule has 0 spiro atoms. The first kappa shape index (κ1) is 6.20. The van der Waals surface area contributed by atoms with E-state index in [4.69, 9.17) is 4.74 Å². The third-order valence-corrected chi connectivity index (χ3v) is 2.72. The maximum atomic E-state index is 11.0. The molecule has 2 heteroatoms. The van der Waals surface area contributed by atoms with Crippen molar-refractivity contribution in [3.8, 4) is 0 Å². The van der Waals surface area contributed by atoms with Crippen LogP contribution < -0.4 is 0 Å². The highest BCUT2D eigenvalue weighted by atomic mass is 16.6. The summed E-state index contributed by atoms with van der Waals surface area (Å²) in [4.78, 5) is 11.0. The van der Waals surface area contributed by atoms with Crippen LogP contribution in [0, 0.1) is 11.8 Å². The molecule has 56 valence electrons. The molecular weight excluding hydrogens is 128 g/mol. The predicted molar refractivity (Wildman–Crippen MR) is 36.4 cm³/mol. The van der Waals surface area contributed by atoms with Gasteiger partial charge in [-0.15, -0.1) is 0 Å². The van der Waals surface area contributed by atoms with E-state index in [2.05, 4.69) is 6.92 Å². The zero-order valence-electron chi connectivity index (χ0n) is 6.17. The normalized spacial score (nSPS) is 45.3. The fourth-order valence-electron chi connectivity index (χ4n) is 1.90. The van der Waals surface area contributed by atoms with Gasteiger partial charge in [-0.05, 0) is 25.2 Å². The summed E-state index contributed by atoms with van der Waals surface area (Å²) in [5.41, 5.74) is 0. The van der Waals surface area contributed by atoms with Gasteiger partial charge in [0.15, 0.2) is 0 Å². The van der Waals surface area contributed by atoms with Gasteiger partial charge in [0.25, 0.3) is 0 Å². The van der Waals surface area contributed by atoms with Crippen LogP contribution in [0.4, 0.5) is 0 Å². The van der Waals surface area contributed by atoms with E-state index >= 15 is 0 Å². The number of carbonyl (C=O) groups is 1. The van der Waals surface area contributed by atoms with Crippen molar-refractivity contribution in [3.63, 3.8) is 0 Å². The van der Waals surface area contributed by atoms with E-state index in [0.29, 0.717) is 5.92 Å². The molecule has 0 aromatic heterocycles. The molecule has 0 unspecified atom stereocenters. The molecule has 2 aliphatic rings. The molecule has 1 saturated carbocycles. The van der Waals surface area contributed by atoms with E-state index in [1.54, 1.807) is 0 Å². The number of hydrogen-bond acceptors (Lipinski definition) is 2. The van der Waals surface area contributed by atoms with E-state index < -0.39 is 0 Å². The second-order valence-corrected chi connectivity index (χ2v) is 3.46. The van der Waals surface area contributed by atoms with E-state index in [0.717, 1.165) is 12.8 Å². The molecule has 0 aromatic carbocycles. The van der Waals surface area contributed by atoms with Crippen LogP contribution in [0.3, 0.4) is 0 Å². The number of esters is 1. The average molecular weight is 140 g/mol. The van der Waals surface area contributed by atoms with Crippen molar-refractivity contribution in [3.05, 3.63) is 0 Å². The Bertz CT molecular complexity index is 165. The molecule has 1 heterocycles. The van der Waals surface area contributed by atoms with Gasteiger partial charge in [-0.25, -0.2) is 0 Å². The van der Waals surface area contributed by atoms with Crippen LogP contribution in [-0.4, -0.2) is 12.1 Å². The van der Waals surface area contributed by atoms with Crippen molar-refractivity contribution in [1.29, 1.82) is 0 Å². The fourth-order valence-corrected chi connectivity index (χ4v) is 1.90. The van der Waals surface area contributed by atoms with Crippen LogP contribution in [0.15, 0.2) is 0 Å². The number of fused-ring (bicyclic) bond motifs is 2. The van der Waals surface area contributed by atoms with Crippen molar-refractivity contribution in [2.75, 3.05) is 0 Å². The third kappa shape index (κ3) is 0.746. The zero-order chi connectivity index (χ0) is 7.14. The van der Waals surface area contributed by atoms with Gasteiger partial charge in [-0.1, -0.05) is 6.92 Å². The van der Waals surface area contributed by atoms with E-state index in [1.165, 1.54) is 6.42 Å². The van der Waals surface area contributed by atoms with Gasteiger partial charge < -0.3 is 4.74 Å². The molecule has 1 saturated heterocycles. The number of carbonyl (C=O) groups excluding carboxylic acids is 1. The summed E-state index contributed by atoms with van der Waals surface area (Å²) in [5, 5.41) is 0. The van der Waals surface area contributed by atoms with Crippen molar-refractivity contribution >= 4 is 5.97 Å². The zero-order valence-corrected chi connectivity index (χ0v) is 6.17. The first-order chi connectivity index (χ1) is 4.77. The Balaban J connectivity index is 2.15. The Morgan fingerprint density at radius 1 is 1.50 bits per heavy atom. The van der Waals surface area contributed by atoms with Crippen molar-refractivity contribution in [2.45, 2.75) is 32.3 Å². The largest absolute Gasteiger partial charge is 0.462 e. The van der Waals surface area contributed by atoms with Crippen LogP contribution in [0.2, 0.25) is 0 Å². The summed E-state index contributed by atoms with van der Waals surface area (Å²) in [6.07, 6.45) is 3.46. The highest BCUT2D eigenvalue weighted by Crippen LogP contribution is 2.37. The first-order valence-corrected chi connectivity index (χ1v) is 3.98. The van der Waals surface area contributed by atoms with Crippen molar-refractivity contribution in [2.24, 2.45) is 11.8 Å². The van der Waals surface area contributed by atoms with E-state index in [-0.39, 0.29) is 18.0 Å². The Labute approximate surface area is 60.6 Å². The van der Waals surface area contributed by atoms with Gasteiger partial charge in [-0.2, -0.15) is 0 Å². The monoisotopic (exact) mass is 140 g/mol. The van der Waals surface area contributed by atoms with Crippen LogP contribution >= 0.6 is 0 Å². The minimum absolute atomic E-state index is 0.0503. The number of hydrogen-bond donors (Lipinski definition) is 0. The van der Waals surface area contributed by atoms with E-state index in [9.17, 15) is 4.79 Å². The summed E-state index contributed by atoms with van der Waals surface area (Å²) in [5.74, 6) is 0.901. The van der Waals surface area contributed by atoms with Gasteiger partial charge in [0.05, 0.1) is 5.92 Å². The standard InChI is InChI=1S/C8H12O2/c1-5-2-3-6-4-7(5)10-8(6)9/h5-7H,2-4H2,1H3/t5-,6-,7-/m0/s1. The maximum absolute atomic E-state index is 11.0. The topological polar surface area (TPSA) is 26.3 Å². The highest BCUT2D eigenvalue weighted by Gasteiger charge is 2.41. The second-order valence-electron chi connectivity index (χ2n) is 3.46. The summed E-state index contributed by atoms with van der Waals surface area (Å²) >= 11 is 0. The summed E-state index contributed by atoms with van der Waals surface area (Å²) in [7, 11) is 0. The molecule has 2 bridgehead atoms. The molecular formula is C8H12O2. The summed E-state index contributed by atoms with van der Waals surface area (Å²) in [6, 6.07) is 0. The van der Waals surface area contributed by atoms with Crippen molar-refractivity contribution < 1.29 is 9.53 Å². The maximum Gasteiger partial charge on any atom is 0.309 e. The molecule has 10 heavy (non-hydrogen) atoms. The van der Waals surface area contributed by atoms with Crippen LogP contribution in [0.25, 0.3) is 0 Å². The second kappa shape index (κ2) is 1.97. The summed E-state index contributed by atoms with van der Waals surface area (Å²) in [6.45, 7) is 2.17.